The van der Waals surface area contributed by atoms with Gasteiger partial charge in [0.2, 0.25) is 0 Å². The zero-order valence-electron chi connectivity index (χ0n) is 10.6. The van der Waals surface area contributed by atoms with E-state index in [4.69, 9.17) is 31.2 Å². The zero-order valence-corrected chi connectivity index (χ0v) is 12.9. The maximum Gasteiger partial charge on any atom is 0.193 e. The van der Waals surface area contributed by atoms with Crippen LogP contribution >= 0.6 is 27.5 Å². The van der Waals surface area contributed by atoms with Gasteiger partial charge in [0.1, 0.15) is 5.76 Å². The molecule has 0 bridgehead atoms. The number of halogens is 2. The number of nitrogens with two attached hydrogens (primary N) is 1. The molecule has 1 unspecified atom stereocenters. The monoisotopic (exact) mass is 357 g/mol. The molecule has 6 heteroatoms. The second-order valence-electron chi connectivity index (χ2n) is 4.49. The Kier molecular flexibility index (Phi) is 3.92. The predicted octanol–water partition coefficient (Wildman–Crippen LogP) is 3.90. The van der Waals surface area contributed by atoms with Crippen LogP contribution in [0, 0.1) is 0 Å². The third kappa shape index (κ3) is 2.66. The molecule has 1 aromatic heterocycles. The van der Waals surface area contributed by atoms with Gasteiger partial charge in [0.05, 0.1) is 19.3 Å². The van der Waals surface area contributed by atoms with E-state index in [1.54, 1.807) is 12.1 Å². The van der Waals surface area contributed by atoms with Crippen LogP contribution in [0.5, 0.6) is 11.5 Å². The van der Waals surface area contributed by atoms with Crippen LogP contribution < -0.4 is 15.2 Å². The van der Waals surface area contributed by atoms with Gasteiger partial charge in [0.15, 0.2) is 16.7 Å². The number of ether oxygens (including phenoxy) is 2. The van der Waals surface area contributed by atoms with E-state index in [-0.39, 0.29) is 0 Å². The molecule has 2 heterocycles. The lowest BCUT2D eigenvalue weighted by Gasteiger charge is -2.15. The van der Waals surface area contributed by atoms with Crippen molar-refractivity contribution >= 4 is 27.5 Å². The molecule has 20 heavy (non-hydrogen) atoms. The summed E-state index contributed by atoms with van der Waals surface area (Å²) in [6.45, 7) is 1.29. The molecule has 106 valence electrons. The molecule has 0 fully saturated rings. The largest absolute Gasteiger partial charge is 0.490 e. The number of benzene rings is 1. The van der Waals surface area contributed by atoms with Gasteiger partial charge in [0, 0.05) is 10.9 Å². The Morgan fingerprint density at radius 2 is 1.85 bits per heavy atom. The molecule has 0 aliphatic carbocycles. The van der Waals surface area contributed by atoms with Gasteiger partial charge in [-0.05, 0) is 41.4 Å². The van der Waals surface area contributed by atoms with Crippen molar-refractivity contribution in [2.75, 3.05) is 13.2 Å². The molecule has 0 spiro atoms. The van der Waals surface area contributed by atoms with Crippen LogP contribution in [-0.2, 0) is 0 Å². The summed E-state index contributed by atoms with van der Waals surface area (Å²) in [7, 11) is 0. The van der Waals surface area contributed by atoms with Crippen LogP contribution in [0.15, 0.2) is 33.2 Å². The lowest BCUT2D eigenvalue weighted by atomic mass is 10.0. The first-order valence-electron chi connectivity index (χ1n) is 6.25. The van der Waals surface area contributed by atoms with Gasteiger partial charge in [0.25, 0.3) is 0 Å². The van der Waals surface area contributed by atoms with E-state index >= 15 is 0 Å². The molecule has 0 amide bonds. The predicted molar refractivity (Wildman–Crippen MR) is 79.5 cm³/mol. The highest BCUT2D eigenvalue weighted by Crippen LogP contribution is 2.38. The molecule has 1 aromatic carbocycles. The standard InChI is InChI=1S/C14H13BrClNO3/c15-9-7-12-11(18-4-1-5-19-12)6-8(9)14(17)10-2-3-13(16)20-10/h2-3,6-7,14H,1,4-5,17H2. The highest BCUT2D eigenvalue weighted by Gasteiger charge is 2.20. The van der Waals surface area contributed by atoms with E-state index in [1.807, 2.05) is 12.1 Å². The third-order valence-corrected chi connectivity index (χ3v) is 3.99. The molecular formula is C14H13BrClNO3. The Labute approximate surface area is 129 Å². The molecule has 1 aliphatic rings. The van der Waals surface area contributed by atoms with Gasteiger partial charge in [-0.3, -0.25) is 0 Å². The zero-order chi connectivity index (χ0) is 14.1. The summed E-state index contributed by atoms with van der Waals surface area (Å²) in [6, 6.07) is 6.77. The van der Waals surface area contributed by atoms with Crippen molar-refractivity contribution in [1.29, 1.82) is 0 Å². The van der Waals surface area contributed by atoms with E-state index in [0.29, 0.717) is 29.9 Å². The van der Waals surface area contributed by atoms with Crippen LogP contribution in [0.1, 0.15) is 23.8 Å². The maximum absolute atomic E-state index is 6.22. The highest BCUT2D eigenvalue weighted by molar-refractivity contribution is 9.10. The van der Waals surface area contributed by atoms with Crippen molar-refractivity contribution in [2.24, 2.45) is 5.73 Å². The van der Waals surface area contributed by atoms with E-state index < -0.39 is 6.04 Å². The molecule has 2 aromatic rings. The van der Waals surface area contributed by atoms with Crippen molar-refractivity contribution in [3.63, 3.8) is 0 Å². The Hall–Kier alpha value is -1.17. The molecular weight excluding hydrogens is 346 g/mol. The number of hydrogen-bond acceptors (Lipinski definition) is 4. The van der Waals surface area contributed by atoms with Crippen molar-refractivity contribution in [3.8, 4) is 11.5 Å². The van der Waals surface area contributed by atoms with Crippen LogP contribution in [0.3, 0.4) is 0 Å². The quantitative estimate of drug-likeness (QED) is 0.884. The van der Waals surface area contributed by atoms with Crippen molar-refractivity contribution in [1.82, 2.24) is 0 Å². The second-order valence-corrected chi connectivity index (χ2v) is 5.72. The maximum atomic E-state index is 6.22. The van der Waals surface area contributed by atoms with Crippen LogP contribution in [0.4, 0.5) is 0 Å². The van der Waals surface area contributed by atoms with Gasteiger partial charge in [-0.2, -0.15) is 0 Å². The SMILES string of the molecule is NC(c1ccc(Cl)o1)c1cc2c(cc1Br)OCCCO2. The molecule has 2 N–H and O–H groups in total. The van der Waals surface area contributed by atoms with Gasteiger partial charge >= 0.3 is 0 Å². The van der Waals surface area contributed by atoms with E-state index in [9.17, 15) is 0 Å². The summed E-state index contributed by atoms with van der Waals surface area (Å²) in [5, 5.41) is 0.320. The molecule has 1 atom stereocenters. The van der Waals surface area contributed by atoms with Crippen molar-refractivity contribution in [3.05, 3.63) is 45.3 Å². The summed E-state index contributed by atoms with van der Waals surface area (Å²) in [5.74, 6) is 2.03. The van der Waals surface area contributed by atoms with E-state index in [2.05, 4.69) is 15.9 Å². The first-order valence-corrected chi connectivity index (χ1v) is 7.42. The van der Waals surface area contributed by atoms with E-state index in [0.717, 1.165) is 22.2 Å². The number of fused-ring (bicyclic) bond motifs is 1. The lowest BCUT2D eigenvalue weighted by Crippen LogP contribution is -2.12. The van der Waals surface area contributed by atoms with Crippen LogP contribution in [-0.4, -0.2) is 13.2 Å². The lowest BCUT2D eigenvalue weighted by molar-refractivity contribution is 0.297. The molecule has 3 rings (SSSR count). The second kappa shape index (κ2) is 5.68. The minimum atomic E-state index is -0.422. The first-order chi connectivity index (χ1) is 9.65. The fourth-order valence-corrected chi connectivity index (χ4v) is 2.81. The average Bonchev–Trinajstić information content (AvgIpc) is 2.73. The summed E-state index contributed by atoms with van der Waals surface area (Å²) < 4.78 is 17.5. The fraction of sp³-hybridized carbons (Fsp3) is 0.286. The molecule has 1 aliphatic heterocycles. The summed E-state index contributed by atoms with van der Waals surface area (Å²) in [4.78, 5) is 0. The normalized spacial score (nSPS) is 15.8. The highest BCUT2D eigenvalue weighted by atomic mass is 79.9. The Bertz CT molecular complexity index is 629. The van der Waals surface area contributed by atoms with Gasteiger partial charge in [-0.15, -0.1) is 0 Å². The van der Waals surface area contributed by atoms with Gasteiger partial charge in [-0.1, -0.05) is 15.9 Å². The summed E-state index contributed by atoms with van der Waals surface area (Å²) in [6.07, 6.45) is 0.863. The average molecular weight is 359 g/mol. The smallest absolute Gasteiger partial charge is 0.193 e. The fourth-order valence-electron chi connectivity index (χ4n) is 2.09. The Balaban J connectivity index is 1.99. The summed E-state index contributed by atoms with van der Waals surface area (Å²) in [5.41, 5.74) is 7.09. The third-order valence-electron chi connectivity index (χ3n) is 3.10. The minimum Gasteiger partial charge on any atom is -0.490 e. The molecule has 0 saturated heterocycles. The first kappa shape index (κ1) is 13.8. The van der Waals surface area contributed by atoms with Crippen LogP contribution in [0.2, 0.25) is 5.22 Å². The van der Waals surface area contributed by atoms with Crippen LogP contribution in [0.25, 0.3) is 0 Å². The van der Waals surface area contributed by atoms with E-state index in [1.165, 1.54) is 0 Å². The van der Waals surface area contributed by atoms with Crippen molar-refractivity contribution < 1.29 is 13.9 Å². The Morgan fingerprint density at radius 3 is 2.50 bits per heavy atom. The molecule has 0 saturated carbocycles. The minimum absolute atomic E-state index is 0.320. The molecule has 4 nitrogen and oxygen atoms in total. The topological polar surface area (TPSA) is 57.6 Å². The van der Waals surface area contributed by atoms with Gasteiger partial charge in [-0.25, -0.2) is 0 Å². The number of hydrogen-bond donors (Lipinski definition) is 1. The summed E-state index contributed by atoms with van der Waals surface area (Å²) >= 11 is 9.31. The van der Waals surface area contributed by atoms with Gasteiger partial charge < -0.3 is 19.6 Å². The Morgan fingerprint density at radius 1 is 1.15 bits per heavy atom. The number of rotatable bonds is 2. The van der Waals surface area contributed by atoms with Crippen molar-refractivity contribution in [2.45, 2.75) is 12.5 Å². The molecule has 0 radical (unpaired) electrons. The number of furan rings is 1.